The fourth-order valence-corrected chi connectivity index (χ4v) is 3.89. The summed E-state index contributed by atoms with van der Waals surface area (Å²) < 4.78 is 5.33. The number of fused-ring (bicyclic) bond motifs is 2. The van der Waals surface area contributed by atoms with Gasteiger partial charge in [-0.2, -0.15) is 0 Å². The van der Waals surface area contributed by atoms with E-state index in [1.165, 1.54) is 4.90 Å². The molecule has 1 aliphatic heterocycles. The van der Waals surface area contributed by atoms with Gasteiger partial charge in [0.05, 0.1) is 30.8 Å². The zero-order valence-electron chi connectivity index (χ0n) is 16.0. The number of aromatic carboxylic acids is 1. The van der Waals surface area contributed by atoms with Crippen molar-refractivity contribution in [3.8, 4) is 5.75 Å². The highest BCUT2D eigenvalue weighted by molar-refractivity contribution is 6.05. The lowest BCUT2D eigenvalue weighted by Gasteiger charge is -2.29. The second kappa shape index (κ2) is 7.44. The molecule has 1 atom stereocenters. The fraction of sp³-hybridized carbons (Fsp3) is 0.217. The zero-order valence-corrected chi connectivity index (χ0v) is 16.0. The second-order valence-corrected chi connectivity index (χ2v) is 7.02. The fourth-order valence-electron chi connectivity index (χ4n) is 3.89. The largest absolute Gasteiger partial charge is 0.545 e. The molecule has 5 nitrogen and oxygen atoms in total. The van der Waals surface area contributed by atoms with E-state index in [0.717, 1.165) is 41.2 Å². The van der Waals surface area contributed by atoms with Gasteiger partial charge in [0.15, 0.2) is 0 Å². The maximum Gasteiger partial charge on any atom is 0.119 e. The first-order valence-electron chi connectivity index (χ1n) is 9.42. The van der Waals surface area contributed by atoms with Gasteiger partial charge < -0.3 is 19.5 Å². The maximum atomic E-state index is 12.0. The average molecular weight is 374 g/mol. The number of hydrogen-bond donors (Lipinski definition) is 1. The number of ether oxygens (including phenoxy) is 1. The number of nitrogens with one attached hydrogen (secondary N) is 1. The second-order valence-electron chi connectivity index (χ2n) is 7.02. The minimum absolute atomic E-state index is 0.266. The summed E-state index contributed by atoms with van der Waals surface area (Å²) in [5.74, 6) is -0.361. The van der Waals surface area contributed by atoms with E-state index in [4.69, 9.17) is 9.72 Å². The molecule has 28 heavy (non-hydrogen) atoms. The van der Waals surface area contributed by atoms with Gasteiger partial charge in [-0.05, 0) is 36.8 Å². The van der Waals surface area contributed by atoms with Crippen molar-refractivity contribution in [2.75, 3.05) is 20.2 Å². The van der Waals surface area contributed by atoms with Gasteiger partial charge in [-0.1, -0.05) is 30.3 Å². The Balaban J connectivity index is 1.96. The van der Waals surface area contributed by atoms with Crippen molar-refractivity contribution in [2.24, 2.45) is 0 Å². The van der Waals surface area contributed by atoms with Crippen LogP contribution in [-0.4, -0.2) is 31.2 Å². The van der Waals surface area contributed by atoms with E-state index in [-0.39, 0.29) is 5.56 Å². The van der Waals surface area contributed by atoms with E-state index >= 15 is 0 Å². The Morgan fingerprint density at radius 1 is 1.21 bits per heavy atom. The van der Waals surface area contributed by atoms with Gasteiger partial charge >= 0.3 is 0 Å². The van der Waals surface area contributed by atoms with Crippen molar-refractivity contribution < 1.29 is 19.5 Å². The number of hydrogen-bond acceptors (Lipinski definition) is 4. The minimum Gasteiger partial charge on any atom is -0.545 e. The van der Waals surface area contributed by atoms with Crippen LogP contribution in [0.5, 0.6) is 5.75 Å². The minimum atomic E-state index is -1.15. The number of pyridine rings is 1. The van der Waals surface area contributed by atoms with Crippen LogP contribution in [0.2, 0.25) is 0 Å². The monoisotopic (exact) mass is 374 g/mol. The van der Waals surface area contributed by atoms with Crippen LogP contribution in [0.15, 0.2) is 48.5 Å². The van der Waals surface area contributed by atoms with Crippen LogP contribution in [0, 0.1) is 0 Å². The van der Waals surface area contributed by atoms with Crippen molar-refractivity contribution in [1.29, 1.82) is 0 Å². The van der Waals surface area contributed by atoms with Crippen LogP contribution in [-0.2, 0) is 6.54 Å². The van der Waals surface area contributed by atoms with Gasteiger partial charge in [-0.25, -0.2) is 4.98 Å². The highest BCUT2D eigenvalue weighted by Gasteiger charge is 2.28. The Kier molecular flexibility index (Phi) is 4.84. The predicted molar refractivity (Wildman–Crippen MR) is 107 cm³/mol. The number of nitrogens with zero attached hydrogens (tertiary/aromatic N) is 1. The topological polar surface area (TPSA) is 66.7 Å². The van der Waals surface area contributed by atoms with Gasteiger partial charge in [0.25, 0.3) is 0 Å². The standard InChI is InChI=1S/C23H22N2O3/c1-3-25-13-16(11-15-7-6-8-17(12-15)28-2)22-19(14-25)21(23(26)27)18-9-4-5-10-20(18)24-22/h4-12H,3,13-14H2,1-2H3,(H,26,27)/b16-11+. The summed E-state index contributed by atoms with van der Waals surface area (Å²) in [5, 5.41) is 12.7. The number of carboxylic acids is 1. The van der Waals surface area contributed by atoms with Crippen molar-refractivity contribution >= 4 is 28.5 Å². The van der Waals surface area contributed by atoms with E-state index in [1.54, 1.807) is 13.2 Å². The van der Waals surface area contributed by atoms with Crippen LogP contribution in [0.3, 0.4) is 0 Å². The molecule has 0 fully saturated rings. The average Bonchev–Trinajstić information content (AvgIpc) is 2.72. The van der Waals surface area contributed by atoms with Crippen LogP contribution in [0.1, 0.15) is 34.1 Å². The SMILES string of the molecule is CC[NH+]1C/C(=C\c2cccc(OC)c2)c2nc3ccccc3c(C(=O)[O-])c2C1. The number of likely N-dealkylation sites (N-methyl/N-ethyl adjacent to an activating group) is 1. The van der Waals surface area contributed by atoms with Crippen LogP contribution >= 0.6 is 0 Å². The van der Waals surface area contributed by atoms with Gasteiger partial charge in [0, 0.05) is 22.1 Å². The first kappa shape index (κ1) is 18.2. The number of rotatable bonds is 4. The quantitative estimate of drug-likeness (QED) is 0.753. The third-order valence-corrected chi connectivity index (χ3v) is 5.30. The molecule has 0 radical (unpaired) electrons. The molecule has 1 N–H and O–H groups in total. The molecule has 142 valence electrons. The Bertz CT molecular complexity index is 1090. The summed E-state index contributed by atoms with van der Waals surface area (Å²) in [6.07, 6.45) is 2.08. The van der Waals surface area contributed by atoms with Gasteiger partial charge in [-0.15, -0.1) is 0 Å². The van der Waals surface area contributed by atoms with Gasteiger partial charge in [0.1, 0.15) is 18.8 Å². The number of aromatic nitrogens is 1. The highest BCUT2D eigenvalue weighted by atomic mass is 16.5. The summed E-state index contributed by atoms with van der Waals surface area (Å²) in [6.45, 7) is 4.42. The number of para-hydroxylation sites is 1. The predicted octanol–water partition coefficient (Wildman–Crippen LogP) is 1.57. The number of carbonyl (C=O) groups is 1. The summed E-state index contributed by atoms with van der Waals surface area (Å²) in [5.41, 5.74) is 4.50. The van der Waals surface area contributed by atoms with E-state index in [1.807, 2.05) is 42.5 Å². The number of quaternary nitrogens is 1. The van der Waals surface area contributed by atoms with Crippen LogP contribution in [0.4, 0.5) is 0 Å². The molecule has 0 spiro atoms. The summed E-state index contributed by atoms with van der Waals surface area (Å²) >= 11 is 0. The third-order valence-electron chi connectivity index (χ3n) is 5.30. The molecule has 0 saturated carbocycles. The lowest BCUT2D eigenvalue weighted by atomic mass is 9.92. The van der Waals surface area contributed by atoms with Crippen LogP contribution < -0.4 is 14.7 Å². The van der Waals surface area contributed by atoms with Crippen molar-refractivity contribution in [3.63, 3.8) is 0 Å². The molecule has 3 aromatic rings. The molecule has 0 aliphatic carbocycles. The molecule has 2 aromatic carbocycles. The summed E-state index contributed by atoms with van der Waals surface area (Å²) in [4.78, 5) is 18.2. The van der Waals surface area contributed by atoms with E-state index in [9.17, 15) is 9.90 Å². The maximum absolute atomic E-state index is 12.0. The van der Waals surface area contributed by atoms with Crippen molar-refractivity contribution in [3.05, 3.63) is 70.9 Å². The number of carbonyl (C=O) groups excluding carboxylic acids is 1. The van der Waals surface area contributed by atoms with E-state index in [0.29, 0.717) is 17.4 Å². The molecule has 2 heterocycles. The summed E-state index contributed by atoms with van der Waals surface area (Å²) in [6, 6.07) is 15.2. The first-order chi connectivity index (χ1) is 13.6. The smallest absolute Gasteiger partial charge is 0.119 e. The van der Waals surface area contributed by atoms with Gasteiger partial charge in [0.2, 0.25) is 0 Å². The number of benzene rings is 2. The Hall–Kier alpha value is -3.18. The Morgan fingerprint density at radius 2 is 2.04 bits per heavy atom. The van der Waals surface area contributed by atoms with Crippen molar-refractivity contribution in [2.45, 2.75) is 13.5 Å². The van der Waals surface area contributed by atoms with Crippen LogP contribution in [0.25, 0.3) is 22.6 Å². The molecule has 5 heteroatoms. The molecule has 1 aliphatic rings. The number of carboxylic acid groups (broad SMARTS) is 1. The first-order valence-corrected chi connectivity index (χ1v) is 9.42. The molecule has 0 saturated heterocycles. The molecule has 1 aromatic heterocycles. The normalized spacial score (nSPS) is 17.5. The molecular weight excluding hydrogens is 352 g/mol. The lowest BCUT2D eigenvalue weighted by Crippen LogP contribution is -3.11. The highest BCUT2D eigenvalue weighted by Crippen LogP contribution is 2.30. The van der Waals surface area contributed by atoms with E-state index < -0.39 is 5.97 Å². The van der Waals surface area contributed by atoms with Gasteiger partial charge in [-0.3, -0.25) is 0 Å². The third kappa shape index (κ3) is 3.25. The molecule has 4 rings (SSSR count). The molecule has 0 bridgehead atoms. The lowest BCUT2D eigenvalue weighted by molar-refractivity contribution is -0.905. The number of methoxy groups -OCH3 is 1. The molecule has 1 unspecified atom stereocenters. The zero-order chi connectivity index (χ0) is 19.7. The Labute approximate surface area is 163 Å². The van der Waals surface area contributed by atoms with E-state index in [2.05, 4.69) is 13.0 Å². The molecule has 0 amide bonds. The Morgan fingerprint density at radius 3 is 2.79 bits per heavy atom. The van der Waals surface area contributed by atoms with Crippen molar-refractivity contribution in [1.82, 2.24) is 4.98 Å². The summed E-state index contributed by atoms with van der Waals surface area (Å²) in [7, 11) is 1.64. The molecular formula is C23H22N2O3.